The number of piperazine rings is 1. The highest BCUT2D eigenvalue weighted by Crippen LogP contribution is 2.29. The number of rotatable bonds is 8. The molecule has 0 saturated carbocycles. The van der Waals surface area contributed by atoms with Crippen molar-refractivity contribution in [1.82, 2.24) is 9.80 Å². The molecule has 1 atom stereocenters. The van der Waals surface area contributed by atoms with E-state index in [0.29, 0.717) is 36.6 Å². The molecular formula is C24H28ClF3N2O2. The van der Waals surface area contributed by atoms with Gasteiger partial charge < -0.3 is 9.64 Å². The summed E-state index contributed by atoms with van der Waals surface area (Å²) in [5, 5.41) is 0.623. The summed E-state index contributed by atoms with van der Waals surface area (Å²) in [6.07, 6.45) is -3.21. The number of carbonyl (C=O) groups is 1. The lowest BCUT2D eigenvalue weighted by Gasteiger charge is -2.36. The van der Waals surface area contributed by atoms with E-state index in [2.05, 4.69) is 4.90 Å². The van der Waals surface area contributed by atoms with Gasteiger partial charge in [-0.2, -0.15) is 13.2 Å². The third-order valence-corrected chi connectivity index (χ3v) is 5.84. The minimum atomic E-state index is -4.36. The van der Waals surface area contributed by atoms with Crippen LogP contribution in [0.3, 0.4) is 0 Å². The third-order valence-electron chi connectivity index (χ3n) is 5.59. The van der Waals surface area contributed by atoms with Gasteiger partial charge in [0, 0.05) is 44.2 Å². The highest BCUT2D eigenvalue weighted by Gasteiger charge is 2.30. The standard InChI is InChI=1S/C24H28ClF3N2O2/c1-2-3-23(31)30-14-12-29(13-15-30)16-22(19-6-10-21(25)11-7-19)32-17-18-4-8-20(9-5-18)24(26,27)28/h4-11,22H,2-3,12-17H2,1H3. The molecule has 32 heavy (non-hydrogen) atoms. The Morgan fingerprint density at radius 2 is 1.66 bits per heavy atom. The van der Waals surface area contributed by atoms with Gasteiger partial charge >= 0.3 is 6.18 Å². The van der Waals surface area contributed by atoms with Crippen LogP contribution in [0.25, 0.3) is 0 Å². The molecule has 4 nitrogen and oxygen atoms in total. The second-order valence-corrected chi connectivity index (χ2v) is 8.41. The van der Waals surface area contributed by atoms with Crippen LogP contribution in [-0.2, 0) is 22.3 Å². The Hall–Kier alpha value is -2.09. The van der Waals surface area contributed by atoms with E-state index < -0.39 is 11.7 Å². The van der Waals surface area contributed by atoms with Crippen LogP contribution in [0.2, 0.25) is 5.02 Å². The number of benzene rings is 2. The second-order valence-electron chi connectivity index (χ2n) is 7.98. The zero-order valence-corrected chi connectivity index (χ0v) is 18.8. The Balaban J connectivity index is 1.63. The van der Waals surface area contributed by atoms with Crippen molar-refractivity contribution in [2.24, 2.45) is 0 Å². The number of hydrogen-bond acceptors (Lipinski definition) is 3. The number of ether oxygens (including phenoxy) is 1. The minimum absolute atomic E-state index is 0.194. The summed E-state index contributed by atoms with van der Waals surface area (Å²) < 4.78 is 44.5. The molecule has 1 saturated heterocycles. The molecule has 1 fully saturated rings. The average molecular weight is 469 g/mol. The third kappa shape index (κ3) is 6.95. The first kappa shape index (κ1) is 24.6. The molecule has 0 bridgehead atoms. The highest BCUT2D eigenvalue weighted by molar-refractivity contribution is 6.30. The van der Waals surface area contributed by atoms with E-state index in [9.17, 15) is 18.0 Å². The molecule has 0 radical (unpaired) electrons. The van der Waals surface area contributed by atoms with Crippen molar-refractivity contribution in [1.29, 1.82) is 0 Å². The first-order chi connectivity index (χ1) is 15.3. The smallest absolute Gasteiger partial charge is 0.368 e. The Labute approximate surface area is 191 Å². The number of alkyl halides is 3. The fraction of sp³-hybridized carbons (Fsp3) is 0.458. The summed E-state index contributed by atoms with van der Waals surface area (Å²) in [6.45, 7) is 5.69. The molecule has 1 aliphatic rings. The van der Waals surface area contributed by atoms with Gasteiger partial charge in [-0.25, -0.2) is 0 Å². The van der Waals surface area contributed by atoms with Crippen molar-refractivity contribution in [3.05, 3.63) is 70.2 Å². The summed E-state index contributed by atoms with van der Waals surface area (Å²) in [5.74, 6) is 0.194. The molecular weight excluding hydrogens is 441 g/mol. The fourth-order valence-electron chi connectivity index (χ4n) is 3.70. The maximum atomic E-state index is 12.8. The van der Waals surface area contributed by atoms with Gasteiger partial charge in [-0.3, -0.25) is 9.69 Å². The van der Waals surface area contributed by atoms with Gasteiger partial charge in [-0.15, -0.1) is 0 Å². The van der Waals surface area contributed by atoms with E-state index in [1.807, 2.05) is 24.0 Å². The van der Waals surface area contributed by atoms with Gasteiger partial charge in [0.15, 0.2) is 0 Å². The van der Waals surface area contributed by atoms with Crippen LogP contribution in [0.4, 0.5) is 13.2 Å². The van der Waals surface area contributed by atoms with E-state index in [4.69, 9.17) is 16.3 Å². The maximum Gasteiger partial charge on any atom is 0.416 e. The van der Waals surface area contributed by atoms with E-state index in [1.165, 1.54) is 12.1 Å². The van der Waals surface area contributed by atoms with Gasteiger partial charge in [0.05, 0.1) is 18.3 Å². The van der Waals surface area contributed by atoms with Crippen molar-refractivity contribution < 1.29 is 22.7 Å². The van der Waals surface area contributed by atoms with Crippen LogP contribution >= 0.6 is 11.6 Å². The lowest BCUT2D eigenvalue weighted by atomic mass is 10.1. The molecule has 0 N–H and O–H groups in total. The molecule has 1 unspecified atom stereocenters. The van der Waals surface area contributed by atoms with E-state index in [1.54, 1.807) is 12.1 Å². The first-order valence-electron chi connectivity index (χ1n) is 10.8. The SMILES string of the molecule is CCCC(=O)N1CCN(CC(OCc2ccc(C(F)(F)F)cc2)c2ccc(Cl)cc2)CC1. The summed E-state index contributed by atoms with van der Waals surface area (Å²) >= 11 is 6.02. The van der Waals surface area contributed by atoms with Crippen molar-refractivity contribution in [3.8, 4) is 0 Å². The van der Waals surface area contributed by atoms with E-state index >= 15 is 0 Å². The molecule has 174 valence electrons. The summed E-state index contributed by atoms with van der Waals surface area (Å²) in [5.41, 5.74) is 0.948. The van der Waals surface area contributed by atoms with Gasteiger partial charge in [0.2, 0.25) is 5.91 Å². The van der Waals surface area contributed by atoms with Crippen molar-refractivity contribution in [2.45, 2.75) is 38.7 Å². The predicted octanol–water partition coefficient (Wildman–Crippen LogP) is 5.56. The predicted molar refractivity (Wildman–Crippen MR) is 118 cm³/mol. The van der Waals surface area contributed by atoms with Crippen LogP contribution in [0.5, 0.6) is 0 Å². The Bertz CT molecular complexity index is 864. The Morgan fingerprint density at radius 1 is 1.03 bits per heavy atom. The summed E-state index contributed by atoms with van der Waals surface area (Å²) in [6, 6.07) is 12.4. The summed E-state index contributed by atoms with van der Waals surface area (Å²) in [4.78, 5) is 16.3. The summed E-state index contributed by atoms with van der Waals surface area (Å²) in [7, 11) is 0. The van der Waals surface area contributed by atoms with Gasteiger partial charge in [-0.05, 0) is 41.8 Å². The largest absolute Gasteiger partial charge is 0.416 e. The molecule has 0 aliphatic carbocycles. The number of nitrogens with zero attached hydrogens (tertiary/aromatic N) is 2. The molecule has 8 heteroatoms. The normalized spacial score (nSPS) is 16.2. The molecule has 0 aromatic heterocycles. The van der Waals surface area contributed by atoms with Crippen LogP contribution < -0.4 is 0 Å². The minimum Gasteiger partial charge on any atom is -0.368 e. The molecule has 1 aliphatic heterocycles. The highest BCUT2D eigenvalue weighted by atomic mass is 35.5. The van der Waals surface area contributed by atoms with Gasteiger partial charge in [0.1, 0.15) is 0 Å². The number of hydrogen-bond donors (Lipinski definition) is 0. The maximum absolute atomic E-state index is 12.8. The van der Waals surface area contributed by atoms with Gasteiger partial charge in [-0.1, -0.05) is 42.8 Å². The fourth-order valence-corrected chi connectivity index (χ4v) is 3.83. The molecule has 2 aromatic carbocycles. The van der Waals surface area contributed by atoms with E-state index in [-0.39, 0.29) is 18.6 Å². The molecule has 0 spiro atoms. The topological polar surface area (TPSA) is 32.8 Å². The van der Waals surface area contributed by atoms with Crippen molar-refractivity contribution in [2.75, 3.05) is 32.7 Å². The van der Waals surface area contributed by atoms with Gasteiger partial charge in [0.25, 0.3) is 0 Å². The van der Waals surface area contributed by atoms with Crippen LogP contribution in [-0.4, -0.2) is 48.4 Å². The number of carbonyl (C=O) groups excluding carboxylic acids is 1. The number of amides is 1. The quantitative estimate of drug-likeness (QED) is 0.508. The lowest BCUT2D eigenvalue weighted by molar-refractivity contribution is -0.137. The second kappa shape index (κ2) is 11.2. The molecule has 3 rings (SSSR count). The lowest BCUT2D eigenvalue weighted by Crippen LogP contribution is -2.49. The molecule has 1 amide bonds. The first-order valence-corrected chi connectivity index (χ1v) is 11.2. The zero-order valence-electron chi connectivity index (χ0n) is 18.1. The Kier molecular flexibility index (Phi) is 8.57. The van der Waals surface area contributed by atoms with Crippen molar-refractivity contribution in [3.63, 3.8) is 0 Å². The Morgan fingerprint density at radius 3 is 2.22 bits per heavy atom. The van der Waals surface area contributed by atoms with E-state index in [0.717, 1.165) is 37.2 Å². The van der Waals surface area contributed by atoms with Crippen molar-refractivity contribution >= 4 is 17.5 Å². The molecule has 1 heterocycles. The average Bonchev–Trinajstić information content (AvgIpc) is 2.77. The zero-order chi connectivity index (χ0) is 23.1. The van der Waals surface area contributed by atoms with Crippen LogP contribution in [0.1, 0.15) is 42.6 Å². The number of halogens is 4. The monoisotopic (exact) mass is 468 g/mol. The van der Waals surface area contributed by atoms with Crippen LogP contribution in [0, 0.1) is 0 Å². The van der Waals surface area contributed by atoms with Crippen LogP contribution in [0.15, 0.2) is 48.5 Å². The molecule has 2 aromatic rings.